The number of benzene rings is 2. The molecule has 0 bridgehead atoms. The van der Waals surface area contributed by atoms with Crippen LogP contribution in [0.4, 0.5) is 0 Å². The molecule has 4 aromatic rings. The van der Waals surface area contributed by atoms with Crippen LogP contribution >= 0.6 is 0 Å². The highest BCUT2D eigenvalue weighted by Gasteiger charge is 2.14. The van der Waals surface area contributed by atoms with E-state index in [1.54, 1.807) is 6.07 Å². The second kappa shape index (κ2) is 11.7. The van der Waals surface area contributed by atoms with Crippen molar-refractivity contribution in [2.24, 2.45) is 0 Å². The van der Waals surface area contributed by atoms with Gasteiger partial charge in [0.1, 0.15) is 17.2 Å². The number of aliphatic carboxylic acids is 1. The molecule has 9 nitrogen and oxygen atoms in total. The molecule has 0 aliphatic carbocycles. The van der Waals surface area contributed by atoms with Gasteiger partial charge >= 0.3 is 5.97 Å². The van der Waals surface area contributed by atoms with Crippen molar-refractivity contribution in [3.63, 3.8) is 0 Å². The van der Waals surface area contributed by atoms with Crippen LogP contribution in [0, 0.1) is 6.92 Å². The van der Waals surface area contributed by atoms with E-state index < -0.39 is 5.97 Å². The minimum atomic E-state index is -0.870. The number of oxazole rings is 1. The molecule has 0 aliphatic rings. The molecule has 9 heteroatoms. The van der Waals surface area contributed by atoms with Crippen molar-refractivity contribution in [1.29, 1.82) is 0 Å². The van der Waals surface area contributed by atoms with Crippen molar-refractivity contribution in [2.75, 3.05) is 6.61 Å². The van der Waals surface area contributed by atoms with Gasteiger partial charge in [-0.3, -0.25) is 14.6 Å². The Morgan fingerprint density at radius 3 is 2.67 bits per heavy atom. The number of carboxylic acids is 1. The molecule has 0 aliphatic heterocycles. The summed E-state index contributed by atoms with van der Waals surface area (Å²) in [6.07, 6.45) is 5.26. The van der Waals surface area contributed by atoms with E-state index in [4.69, 9.17) is 14.3 Å². The predicted molar refractivity (Wildman–Crippen MR) is 131 cm³/mol. The molecule has 0 unspecified atom stereocenters. The molecule has 0 radical (unpaired) electrons. The van der Waals surface area contributed by atoms with E-state index in [0.717, 1.165) is 28.1 Å². The lowest BCUT2D eigenvalue weighted by atomic mass is 10.1. The number of nitrogens with zero attached hydrogens (tertiary/aromatic N) is 3. The summed E-state index contributed by atoms with van der Waals surface area (Å²) < 4.78 is 11.9. The average Bonchev–Trinajstić information content (AvgIpc) is 3.28. The van der Waals surface area contributed by atoms with Gasteiger partial charge in [-0.25, -0.2) is 9.97 Å². The molecule has 2 aromatic carbocycles. The summed E-state index contributed by atoms with van der Waals surface area (Å²) >= 11 is 0. The Morgan fingerprint density at radius 1 is 1.08 bits per heavy atom. The summed E-state index contributed by atoms with van der Waals surface area (Å²) in [4.78, 5) is 35.9. The first-order chi connectivity index (χ1) is 17.5. The number of aryl methyl sites for hydroxylation is 2. The largest absolute Gasteiger partial charge is 0.493 e. The van der Waals surface area contributed by atoms with Crippen LogP contribution in [0.15, 0.2) is 71.5 Å². The van der Waals surface area contributed by atoms with E-state index in [9.17, 15) is 9.59 Å². The minimum Gasteiger partial charge on any atom is -0.493 e. The Morgan fingerprint density at radius 2 is 1.92 bits per heavy atom. The molecular formula is C27H26N4O5. The highest BCUT2D eigenvalue weighted by Crippen LogP contribution is 2.24. The van der Waals surface area contributed by atoms with Gasteiger partial charge in [0, 0.05) is 42.9 Å². The number of rotatable bonds is 11. The van der Waals surface area contributed by atoms with E-state index in [1.165, 1.54) is 18.6 Å². The molecular weight excluding hydrogens is 460 g/mol. The zero-order valence-corrected chi connectivity index (χ0v) is 19.8. The molecule has 2 aromatic heterocycles. The van der Waals surface area contributed by atoms with Gasteiger partial charge in [0.25, 0.3) is 5.91 Å². The maximum atomic E-state index is 12.4. The van der Waals surface area contributed by atoms with E-state index in [0.29, 0.717) is 31.1 Å². The first-order valence-electron chi connectivity index (χ1n) is 11.5. The minimum absolute atomic E-state index is 0.0147. The number of carbonyl (C=O) groups excluding carboxylic acids is 1. The lowest BCUT2D eigenvalue weighted by Gasteiger charge is -2.14. The van der Waals surface area contributed by atoms with Gasteiger partial charge in [-0.05, 0) is 37.1 Å². The third-order valence-corrected chi connectivity index (χ3v) is 5.50. The first kappa shape index (κ1) is 24.6. The number of hydrogen-bond acceptors (Lipinski definition) is 7. The fourth-order valence-electron chi connectivity index (χ4n) is 3.62. The SMILES string of the molecule is Cc1oc(-c2ccccc2)nc1CCOc1ccc(CCC(=O)O)cc1CNC(=O)c1cnccn1. The number of ether oxygens (including phenoxy) is 1. The van der Waals surface area contributed by atoms with Crippen LogP contribution in [-0.2, 0) is 24.2 Å². The van der Waals surface area contributed by atoms with Crippen molar-refractivity contribution in [3.05, 3.63) is 95.4 Å². The smallest absolute Gasteiger partial charge is 0.303 e. The topological polar surface area (TPSA) is 127 Å². The number of carboxylic acid groups (broad SMARTS) is 1. The van der Waals surface area contributed by atoms with Crippen LogP contribution in [0.25, 0.3) is 11.5 Å². The number of aromatic nitrogens is 3. The molecule has 2 heterocycles. The third kappa shape index (κ3) is 6.53. The van der Waals surface area contributed by atoms with E-state index in [1.807, 2.05) is 49.4 Å². The maximum absolute atomic E-state index is 12.4. The zero-order chi connectivity index (χ0) is 25.3. The van der Waals surface area contributed by atoms with Crippen LogP contribution in [0.3, 0.4) is 0 Å². The van der Waals surface area contributed by atoms with E-state index in [2.05, 4.69) is 20.3 Å². The number of carbonyl (C=O) groups is 2. The Bertz CT molecular complexity index is 1320. The molecule has 4 rings (SSSR count). The highest BCUT2D eigenvalue weighted by atomic mass is 16.5. The van der Waals surface area contributed by atoms with Crippen molar-refractivity contribution < 1.29 is 23.8 Å². The van der Waals surface area contributed by atoms with E-state index in [-0.39, 0.29) is 24.6 Å². The van der Waals surface area contributed by atoms with Crippen molar-refractivity contribution >= 4 is 11.9 Å². The Hall–Kier alpha value is -4.53. The quantitative estimate of drug-likeness (QED) is 0.326. The van der Waals surface area contributed by atoms with Crippen LogP contribution in [0.1, 0.15) is 39.5 Å². The lowest BCUT2D eigenvalue weighted by molar-refractivity contribution is -0.136. The first-order valence-corrected chi connectivity index (χ1v) is 11.5. The normalized spacial score (nSPS) is 10.7. The molecule has 0 spiro atoms. The predicted octanol–water partition coefficient (Wildman–Crippen LogP) is 4.01. The molecule has 0 fully saturated rings. The van der Waals surface area contributed by atoms with Gasteiger partial charge in [-0.15, -0.1) is 0 Å². The summed E-state index contributed by atoms with van der Waals surface area (Å²) in [6.45, 7) is 2.41. The Labute approximate surface area is 208 Å². The zero-order valence-electron chi connectivity index (χ0n) is 19.8. The molecule has 184 valence electrons. The van der Waals surface area contributed by atoms with E-state index >= 15 is 0 Å². The average molecular weight is 487 g/mol. The number of nitrogens with one attached hydrogen (secondary N) is 1. The van der Waals surface area contributed by atoms with Gasteiger partial charge in [0.15, 0.2) is 0 Å². The number of amides is 1. The molecule has 2 N–H and O–H groups in total. The summed E-state index contributed by atoms with van der Waals surface area (Å²) in [7, 11) is 0. The monoisotopic (exact) mass is 486 g/mol. The fraction of sp³-hybridized carbons (Fsp3) is 0.222. The molecule has 0 saturated carbocycles. The molecule has 1 amide bonds. The highest BCUT2D eigenvalue weighted by molar-refractivity contribution is 5.91. The third-order valence-electron chi connectivity index (χ3n) is 5.50. The van der Waals surface area contributed by atoms with Gasteiger partial charge in [0.05, 0.1) is 18.5 Å². The lowest BCUT2D eigenvalue weighted by Crippen LogP contribution is -2.24. The molecule has 0 atom stereocenters. The second-order valence-electron chi connectivity index (χ2n) is 8.10. The summed E-state index contributed by atoms with van der Waals surface area (Å²) in [6, 6.07) is 15.2. The standard InChI is InChI=1S/C27H26N4O5/c1-18-22(31-27(36-18)20-5-3-2-4-6-20)11-14-35-24-9-7-19(8-10-25(32)33)15-21(24)16-30-26(34)23-17-28-12-13-29-23/h2-7,9,12-13,15,17H,8,10-11,14,16H2,1H3,(H,30,34)(H,32,33). The molecule has 36 heavy (non-hydrogen) atoms. The van der Waals surface area contributed by atoms with Crippen LogP contribution < -0.4 is 10.1 Å². The van der Waals surface area contributed by atoms with Crippen LogP contribution in [0.5, 0.6) is 5.75 Å². The summed E-state index contributed by atoms with van der Waals surface area (Å²) in [5, 5.41) is 11.8. The second-order valence-corrected chi connectivity index (χ2v) is 8.10. The Kier molecular flexibility index (Phi) is 8.02. The van der Waals surface area contributed by atoms with Crippen molar-refractivity contribution in [2.45, 2.75) is 32.7 Å². The van der Waals surface area contributed by atoms with Gasteiger partial charge in [0.2, 0.25) is 5.89 Å². The van der Waals surface area contributed by atoms with Crippen molar-refractivity contribution in [3.8, 4) is 17.2 Å². The van der Waals surface area contributed by atoms with Crippen LogP contribution in [-0.4, -0.2) is 38.5 Å². The van der Waals surface area contributed by atoms with Crippen molar-refractivity contribution in [1.82, 2.24) is 20.3 Å². The maximum Gasteiger partial charge on any atom is 0.303 e. The fourth-order valence-corrected chi connectivity index (χ4v) is 3.62. The molecule has 0 saturated heterocycles. The number of hydrogen-bond donors (Lipinski definition) is 2. The van der Waals surface area contributed by atoms with Gasteiger partial charge in [-0.2, -0.15) is 0 Å². The summed E-state index contributed by atoms with van der Waals surface area (Å²) in [5.74, 6) is 0.663. The Balaban J connectivity index is 1.44. The van der Waals surface area contributed by atoms with Gasteiger partial charge in [-0.1, -0.05) is 30.3 Å². The summed E-state index contributed by atoms with van der Waals surface area (Å²) in [5.41, 5.74) is 3.50. The van der Waals surface area contributed by atoms with Gasteiger partial charge < -0.3 is 19.6 Å². The van der Waals surface area contributed by atoms with Crippen LogP contribution in [0.2, 0.25) is 0 Å².